The number of primary sulfonamides is 1. The van der Waals surface area contributed by atoms with E-state index in [1.165, 1.54) is 18.2 Å². The van der Waals surface area contributed by atoms with Crippen molar-refractivity contribution in [3.8, 4) is 0 Å². The summed E-state index contributed by atoms with van der Waals surface area (Å²) >= 11 is 12.1. The molecule has 0 aliphatic heterocycles. The maximum absolute atomic E-state index is 11.5. The van der Waals surface area contributed by atoms with Crippen LogP contribution in [0.4, 0.5) is 17.1 Å². The summed E-state index contributed by atoms with van der Waals surface area (Å²) in [5.41, 5.74) is 0.534. The molecule has 0 aliphatic carbocycles. The zero-order valence-corrected chi connectivity index (χ0v) is 15.4. The molecule has 0 bridgehead atoms. The lowest BCUT2D eigenvalue weighted by atomic mass is 10.2. The maximum atomic E-state index is 11.5. The Morgan fingerprint density at radius 1 is 0.958 bits per heavy atom. The molecular formula is C13H13Cl2N3O4S2. The van der Waals surface area contributed by atoms with Gasteiger partial charge in [-0.1, -0.05) is 29.3 Å². The lowest BCUT2D eigenvalue weighted by molar-refractivity contribution is 0.597. The van der Waals surface area contributed by atoms with Gasteiger partial charge in [-0.05, 0) is 30.3 Å². The third-order valence-electron chi connectivity index (χ3n) is 2.84. The molecule has 2 aromatic rings. The van der Waals surface area contributed by atoms with Crippen LogP contribution < -0.4 is 15.2 Å². The molecule has 0 spiro atoms. The molecule has 24 heavy (non-hydrogen) atoms. The molecular weight excluding hydrogens is 397 g/mol. The first-order valence-electron chi connectivity index (χ1n) is 6.33. The average Bonchev–Trinajstić information content (AvgIpc) is 2.41. The van der Waals surface area contributed by atoms with Crippen LogP contribution in [0.25, 0.3) is 0 Å². The number of anilines is 3. The summed E-state index contributed by atoms with van der Waals surface area (Å²) in [6.45, 7) is 0. The van der Waals surface area contributed by atoms with Gasteiger partial charge in [0.2, 0.25) is 20.0 Å². The summed E-state index contributed by atoms with van der Waals surface area (Å²) in [4.78, 5) is -0.202. The van der Waals surface area contributed by atoms with Crippen LogP contribution in [0.3, 0.4) is 0 Å². The molecule has 4 N–H and O–H groups in total. The van der Waals surface area contributed by atoms with Gasteiger partial charge in [-0.3, -0.25) is 4.72 Å². The van der Waals surface area contributed by atoms with Crippen LogP contribution in [0.2, 0.25) is 10.0 Å². The van der Waals surface area contributed by atoms with Gasteiger partial charge in [0.05, 0.1) is 38.3 Å². The lowest BCUT2D eigenvalue weighted by Gasteiger charge is -2.16. The Morgan fingerprint density at radius 3 is 2.04 bits per heavy atom. The van der Waals surface area contributed by atoms with Crippen LogP contribution in [0.5, 0.6) is 0 Å². The molecule has 0 fully saturated rings. The summed E-state index contributed by atoms with van der Waals surface area (Å²) in [5.74, 6) is 0. The maximum Gasteiger partial charge on any atom is 0.238 e. The van der Waals surface area contributed by atoms with Crippen molar-refractivity contribution in [2.24, 2.45) is 5.14 Å². The first-order valence-corrected chi connectivity index (χ1v) is 10.5. The Morgan fingerprint density at radius 2 is 1.54 bits per heavy atom. The molecule has 130 valence electrons. The summed E-state index contributed by atoms with van der Waals surface area (Å²) in [6.07, 6.45) is 0.965. The van der Waals surface area contributed by atoms with Crippen molar-refractivity contribution < 1.29 is 16.8 Å². The molecule has 2 aromatic carbocycles. The highest BCUT2D eigenvalue weighted by Gasteiger charge is 2.16. The largest absolute Gasteiger partial charge is 0.351 e. The monoisotopic (exact) mass is 409 g/mol. The number of nitrogens with two attached hydrogens (primary N) is 1. The number of halogens is 2. The molecule has 0 radical (unpaired) electrons. The van der Waals surface area contributed by atoms with Crippen molar-refractivity contribution in [3.63, 3.8) is 0 Å². The molecule has 0 atom stereocenters. The van der Waals surface area contributed by atoms with Gasteiger partial charge in [-0.15, -0.1) is 0 Å². The normalized spacial score (nSPS) is 12.0. The van der Waals surface area contributed by atoms with Crippen molar-refractivity contribution >= 4 is 60.3 Å². The minimum absolute atomic E-state index is 0.112. The molecule has 0 saturated carbocycles. The van der Waals surface area contributed by atoms with Crippen LogP contribution in [0.15, 0.2) is 41.3 Å². The third kappa shape index (κ3) is 4.74. The Kier molecular flexibility index (Phi) is 5.31. The fraction of sp³-hybridized carbons (Fsp3) is 0.0769. The Bertz CT molecular complexity index is 972. The number of hydrogen-bond acceptors (Lipinski definition) is 5. The Labute approximate surface area is 149 Å². The van der Waals surface area contributed by atoms with Gasteiger partial charge in [0, 0.05) is 0 Å². The van der Waals surface area contributed by atoms with Crippen LogP contribution >= 0.6 is 23.2 Å². The minimum Gasteiger partial charge on any atom is -0.351 e. The van der Waals surface area contributed by atoms with Crippen LogP contribution in [-0.2, 0) is 20.0 Å². The van der Waals surface area contributed by atoms with Gasteiger partial charge in [0.15, 0.2) is 0 Å². The second-order valence-electron chi connectivity index (χ2n) is 4.85. The number of nitrogens with one attached hydrogen (secondary N) is 2. The van der Waals surface area contributed by atoms with Gasteiger partial charge in [-0.2, -0.15) is 0 Å². The summed E-state index contributed by atoms with van der Waals surface area (Å²) < 4.78 is 48.3. The SMILES string of the molecule is CS(=O)(=O)Nc1ccc(S(N)(=O)=O)cc1Nc1c(Cl)cccc1Cl. The fourth-order valence-electron chi connectivity index (χ4n) is 1.84. The van der Waals surface area contributed by atoms with Gasteiger partial charge in [0.25, 0.3) is 0 Å². The molecule has 0 aromatic heterocycles. The number of sulfonamides is 2. The molecule has 0 saturated heterocycles. The van der Waals surface area contributed by atoms with E-state index in [-0.39, 0.29) is 26.3 Å². The quantitative estimate of drug-likeness (QED) is 0.701. The van der Waals surface area contributed by atoms with E-state index in [9.17, 15) is 16.8 Å². The van der Waals surface area contributed by atoms with Gasteiger partial charge < -0.3 is 5.32 Å². The van der Waals surface area contributed by atoms with Gasteiger partial charge >= 0.3 is 0 Å². The van der Waals surface area contributed by atoms with Crippen molar-refractivity contribution in [2.75, 3.05) is 16.3 Å². The average molecular weight is 410 g/mol. The Balaban J connectivity index is 2.60. The van der Waals surface area contributed by atoms with Gasteiger partial charge in [-0.25, -0.2) is 22.0 Å². The molecule has 7 nitrogen and oxygen atoms in total. The highest BCUT2D eigenvalue weighted by atomic mass is 35.5. The van der Waals surface area contributed by atoms with Crippen molar-refractivity contribution in [1.82, 2.24) is 0 Å². The van der Waals surface area contributed by atoms with Crippen molar-refractivity contribution in [2.45, 2.75) is 4.90 Å². The zero-order chi connectivity index (χ0) is 18.1. The van der Waals surface area contributed by atoms with E-state index >= 15 is 0 Å². The van der Waals surface area contributed by atoms with Crippen LogP contribution in [0.1, 0.15) is 0 Å². The van der Waals surface area contributed by atoms with E-state index in [1.807, 2.05) is 0 Å². The van der Waals surface area contributed by atoms with E-state index in [2.05, 4.69) is 10.0 Å². The number of para-hydroxylation sites is 1. The topological polar surface area (TPSA) is 118 Å². The first-order chi connectivity index (χ1) is 11.0. The Hall–Kier alpha value is -1.52. The zero-order valence-electron chi connectivity index (χ0n) is 12.2. The smallest absolute Gasteiger partial charge is 0.238 e. The van der Waals surface area contributed by atoms with Crippen LogP contribution in [0, 0.1) is 0 Å². The van der Waals surface area contributed by atoms with E-state index < -0.39 is 20.0 Å². The van der Waals surface area contributed by atoms with Gasteiger partial charge in [0.1, 0.15) is 0 Å². The molecule has 11 heteroatoms. The lowest BCUT2D eigenvalue weighted by Crippen LogP contribution is -2.14. The minimum atomic E-state index is -3.98. The van der Waals surface area contributed by atoms with Crippen molar-refractivity contribution in [3.05, 3.63) is 46.4 Å². The summed E-state index contributed by atoms with van der Waals surface area (Å²) in [7, 11) is -7.58. The second kappa shape index (κ2) is 6.77. The highest BCUT2D eigenvalue weighted by Crippen LogP contribution is 2.36. The number of hydrogen-bond donors (Lipinski definition) is 3. The summed E-state index contributed by atoms with van der Waals surface area (Å²) in [6, 6.07) is 8.41. The standard InChI is InChI=1S/C13H13Cl2N3O4S2/c1-23(19,20)18-11-6-5-8(24(16,21)22)7-12(11)17-13-9(14)3-2-4-10(13)15/h2-7,17-18H,1H3,(H2,16,21,22). The molecule has 2 rings (SSSR count). The van der Waals surface area contributed by atoms with E-state index in [0.29, 0.717) is 5.69 Å². The number of rotatable bonds is 5. The number of benzene rings is 2. The predicted octanol–water partition coefficient (Wildman–Crippen LogP) is 2.76. The van der Waals surface area contributed by atoms with Crippen molar-refractivity contribution in [1.29, 1.82) is 0 Å². The molecule has 0 aliphatic rings. The van der Waals surface area contributed by atoms with E-state index in [0.717, 1.165) is 6.26 Å². The fourth-order valence-corrected chi connectivity index (χ4v) is 3.45. The first kappa shape index (κ1) is 18.8. The second-order valence-corrected chi connectivity index (χ2v) is 8.97. The van der Waals surface area contributed by atoms with E-state index in [4.69, 9.17) is 28.3 Å². The van der Waals surface area contributed by atoms with Crippen LogP contribution in [-0.4, -0.2) is 23.1 Å². The molecule has 0 amide bonds. The highest BCUT2D eigenvalue weighted by molar-refractivity contribution is 7.92. The third-order valence-corrected chi connectivity index (χ3v) is 4.97. The summed E-state index contributed by atoms with van der Waals surface area (Å²) in [5, 5.41) is 8.49. The van der Waals surface area contributed by atoms with E-state index in [1.54, 1.807) is 18.2 Å². The molecule has 0 heterocycles. The predicted molar refractivity (Wildman–Crippen MR) is 96.0 cm³/mol. The molecule has 0 unspecified atom stereocenters.